The van der Waals surface area contributed by atoms with Gasteiger partial charge in [-0.2, -0.15) is 5.26 Å². The first-order valence-corrected chi connectivity index (χ1v) is 4.97. The van der Waals surface area contributed by atoms with E-state index in [1.807, 2.05) is 32.2 Å². The molecule has 0 saturated carbocycles. The van der Waals surface area contributed by atoms with Crippen LogP contribution in [0.25, 0.3) is 5.65 Å². The Labute approximate surface area is 88.2 Å². The van der Waals surface area contributed by atoms with E-state index in [-0.39, 0.29) is 5.92 Å². The number of aromatic nitrogens is 3. The topological polar surface area (TPSA) is 54.0 Å². The number of hydrogen-bond donors (Lipinski definition) is 0. The molecule has 0 bridgehead atoms. The zero-order chi connectivity index (χ0) is 10.8. The van der Waals surface area contributed by atoms with E-state index in [9.17, 15) is 0 Å². The normalized spacial score (nSPS) is 12.6. The van der Waals surface area contributed by atoms with Crippen LogP contribution in [0, 0.1) is 18.3 Å². The summed E-state index contributed by atoms with van der Waals surface area (Å²) in [4.78, 5) is 4.38. The number of rotatable bonds is 2. The van der Waals surface area contributed by atoms with Crippen LogP contribution < -0.4 is 0 Å². The minimum absolute atomic E-state index is 0.204. The van der Waals surface area contributed by atoms with Crippen LogP contribution in [0.2, 0.25) is 0 Å². The molecule has 2 aromatic heterocycles. The maximum Gasteiger partial charge on any atom is 0.168 e. The number of hydrogen-bond acceptors (Lipinski definition) is 3. The molecular weight excluding hydrogens is 188 g/mol. The largest absolute Gasteiger partial charge is 0.221 e. The predicted octanol–water partition coefficient (Wildman–Crippen LogP) is 2.05. The van der Waals surface area contributed by atoms with Gasteiger partial charge in [0.25, 0.3) is 0 Å². The van der Waals surface area contributed by atoms with Crippen LogP contribution in [0.15, 0.2) is 18.3 Å². The zero-order valence-electron chi connectivity index (χ0n) is 8.81. The van der Waals surface area contributed by atoms with E-state index in [2.05, 4.69) is 16.2 Å². The van der Waals surface area contributed by atoms with Gasteiger partial charge in [-0.25, -0.2) is 9.50 Å². The van der Waals surface area contributed by atoms with Crippen LogP contribution in [-0.4, -0.2) is 14.6 Å². The Hall–Kier alpha value is -1.89. The maximum absolute atomic E-state index is 8.93. The summed E-state index contributed by atoms with van der Waals surface area (Å²) in [5, 5.41) is 13.2. The standard InChI is InChI=1S/C11H12N4/c1-3-9(7-12)10-13-11-8(2)5-4-6-15(11)14-10/h4-6,9H,3H2,1-2H3. The van der Waals surface area contributed by atoms with Gasteiger partial charge in [-0.15, -0.1) is 5.10 Å². The molecule has 0 aromatic carbocycles. The van der Waals surface area contributed by atoms with Gasteiger partial charge in [-0.3, -0.25) is 0 Å². The van der Waals surface area contributed by atoms with Gasteiger partial charge in [0.05, 0.1) is 6.07 Å². The van der Waals surface area contributed by atoms with E-state index in [1.54, 1.807) is 4.52 Å². The van der Waals surface area contributed by atoms with E-state index >= 15 is 0 Å². The molecule has 76 valence electrons. The number of fused-ring (bicyclic) bond motifs is 1. The number of nitrogens with zero attached hydrogens (tertiary/aromatic N) is 4. The molecule has 0 aliphatic rings. The third kappa shape index (κ3) is 1.57. The summed E-state index contributed by atoms with van der Waals surface area (Å²) in [5.41, 5.74) is 1.91. The smallest absolute Gasteiger partial charge is 0.168 e. The van der Waals surface area contributed by atoms with Crippen molar-refractivity contribution in [3.8, 4) is 6.07 Å². The van der Waals surface area contributed by atoms with Crippen molar-refractivity contribution in [1.29, 1.82) is 5.26 Å². The second kappa shape index (κ2) is 3.70. The van der Waals surface area contributed by atoms with E-state index in [0.717, 1.165) is 17.6 Å². The van der Waals surface area contributed by atoms with Crippen LogP contribution in [0.5, 0.6) is 0 Å². The predicted molar refractivity (Wildman–Crippen MR) is 56.4 cm³/mol. The quantitative estimate of drug-likeness (QED) is 0.745. The fourth-order valence-corrected chi connectivity index (χ4v) is 1.54. The van der Waals surface area contributed by atoms with Crippen LogP contribution in [0.4, 0.5) is 0 Å². The number of nitriles is 1. The summed E-state index contributed by atoms with van der Waals surface area (Å²) in [5.74, 6) is 0.415. The van der Waals surface area contributed by atoms with Crippen molar-refractivity contribution in [2.24, 2.45) is 0 Å². The average Bonchev–Trinajstić information content (AvgIpc) is 2.65. The minimum Gasteiger partial charge on any atom is -0.221 e. The van der Waals surface area contributed by atoms with Crippen molar-refractivity contribution in [1.82, 2.24) is 14.6 Å². The minimum atomic E-state index is -0.204. The van der Waals surface area contributed by atoms with Gasteiger partial charge < -0.3 is 0 Å². The summed E-state index contributed by atoms with van der Waals surface area (Å²) in [6, 6.07) is 6.12. The summed E-state index contributed by atoms with van der Waals surface area (Å²) in [6.07, 6.45) is 2.59. The molecule has 0 spiro atoms. The summed E-state index contributed by atoms with van der Waals surface area (Å²) in [7, 11) is 0. The van der Waals surface area contributed by atoms with Crippen LogP contribution in [0.3, 0.4) is 0 Å². The fourth-order valence-electron chi connectivity index (χ4n) is 1.54. The molecule has 0 saturated heterocycles. The van der Waals surface area contributed by atoms with Crippen LogP contribution in [-0.2, 0) is 0 Å². The number of pyridine rings is 1. The second-order valence-electron chi connectivity index (χ2n) is 3.52. The van der Waals surface area contributed by atoms with E-state index in [1.165, 1.54) is 0 Å². The Morgan fingerprint density at radius 3 is 3.00 bits per heavy atom. The highest BCUT2D eigenvalue weighted by molar-refractivity contribution is 5.46. The summed E-state index contributed by atoms with van der Waals surface area (Å²) >= 11 is 0. The highest BCUT2D eigenvalue weighted by atomic mass is 15.3. The Balaban J connectivity index is 2.57. The molecule has 0 fully saturated rings. The van der Waals surface area contributed by atoms with Gasteiger partial charge in [-0.05, 0) is 25.0 Å². The van der Waals surface area contributed by atoms with Gasteiger partial charge in [0.2, 0.25) is 0 Å². The van der Waals surface area contributed by atoms with E-state index in [4.69, 9.17) is 5.26 Å². The molecule has 1 unspecified atom stereocenters. The maximum atomic E-state index is 8.93. The Morgan fingerprint density at radius 1 is 1.60 bits per heavy atom. The van der Waals surface area contributed by atoms with Crippen molar-refractivity contribution in [3.63, 3.8) is 0 Å². The van der Waals surface area contributed by atoms with E-state index < -0.39 is 0 Å². The lowest BCUT2D eigenvalue weighted by Gasteiger charge is -1.96. The molecule has 1 atom stereocenters. The second-order valence-corrected chi connectivity index (χ2v) is 3.52. The number of aryl methyl sites for hydroxylation is 1. The first kappa shape index (κ1) is 9.66. The third-order valence-electron chi connectivity index (χ3n) is 2.45. The third-order valence-corrected chi connectivity index (χ3v) is 2.45. The molecule has 2 heterocycles. The summed E-state index contributed by atoms with van der Waals surface area (Å²) in [6.45, 7) is 3.95. The highest BCUT2D eigenvalue weighted by Gasteiger charge is 2.14. The molecule has 4 nitrogen and oxygen atoms in total. The lowest BCUT2D eigenvalue weighted by atomic mass is 10.1. The SMILES string of the molecule is CCC(C#N)c1nc2c(C)cccn2n1. The zero-order valence-corrected chi connectivity index (χ0v) is 8.81. The molecule has 15 heavy (non-hydrogen) atoms. The van der Waals surface area contributed by atoms with Crippen molar-refractivity contribution in [2.75, 3.05) is 0 Å². The van der Waals surface area contributed by atoms with Crippen molar-refractivity contribution in [2.45, 2.75) is 26.2 Å². The first-order chi connectivity index (χ1) is 7.26. The summed E-state index contributed by atoms with van der Waals surface area (Å²) < 4.78 is 1.73. The van der Waals surface area contributed by atoms with Gasteiger partial charge in [0, 0.05) is 6.20 Å². The molecule has 0 radical (unpaired) electrons. The van der Waals surface area contributed by atoms with Crippen molar-refractivity contribution in [3.05, 3.63) is 29.7 Å². The lowest BCUT2D eigenvalue weighted by Crippen LogP contribution is -1.96. The lowest BCUT2D eigenvalue weighted by molar-refractivity contribution is 0.744. The average molecular weight is 200 g/mol. The van der Waals surface area contributed by atoms with Gasteiger partial charge in [0.15, 0.2) is 11.5 Å². The van der Waals surface area contributed by atoms with Gasteiger partial charge in [0.1, 0.15) is 5.92 Å². The van der Waals surface area contributed by atoms with E-state index in [0.29, 0.717) is 5.82 Å². The van der Waals surface area contributed by atoms with Gasteiger partial charge >= 0.3 is 0 Å². The van der Waals surface area contributed by atoms with Crippen LogP contribution >= 0.6 is 0 Å². The van der Waals surface area contributed by atoms with Gasteiger partial charge in [-0.1, -0.05) is 13.0 Å². The fraction of sp³-hybridized carbons (Fsp3) is 0.364. The molecule has 0 aliphatic heterocycles. The molecule has 2 rings (SSSR count). The highest BCUT2D eigenvalue weighted by Crippen LogP contribution is 2.16. The molecule has 0 aliphatic carbocycles. The van der Waals surface area contributed by atoms with Crippen LogP contribution in [0.1, 0.15) is 30.7 Å². The Bertz CT molecular complexity index is 521. The molecule has 4 heteroatoms. The Morgan fingerprint density at radius 2 is 2.40 bits per heavy atom. The molecule has 2 aromatic rings. The molecule has 0 amide bonds. The Kier molecular flexibility index (Phi) is 2.38. The first-order valence-electron chi connectivity index (χ1n) is 4.97. The monoisotopic (exact) mass is 200 g/mol. The van der Waals surface area contributed by atoms with Crippen molar-refractivity contribution < 1.29 is 0 Å². The molecule has 0 N–H and O–H groups in total. The van der Waals surface area contributed by atoms with Crippen molar-refractivity contribution >= 4 is 5.65 Å². The molecular formula is C11H12N4.